The average Bonchev–Trinajstić information content (AvgIpc) is 3.27. The second kappa shape index (κ2) is 10.6. The molecule has 4 rings (SSSR count). The Morgan fingerprint density at radius 3 is 2.75 bits per heavy atom. The van der Waals surface area contributed by atoms with E-state index in [1.165, 1.54) is 0 Å². The highest BCUT2D eigenvalue weighted by Crippen LogP contribution is 2.37. The van der Waals surface area contributed by atoms with Gasteiger partial charge >= 0.3 is 0 Å². The molecule has 0 spiro atoms. The van der Waals surface area contributed by atoms with Crippen molar-refractivity contribution in [1.82, 2.24) is 25.1 Å². The van der Waals surface area contributed by atoms with Crippen LogP contribution in [0.3, 0.4) is 0 Å². The molecule has 9 heteroatoms. The second-order valence-electron chi connectivity index (χ2n) is 7.85. The summed E-state index contributed by atoms with van der Waals surface area (Å²) in [6.07, 6.45) is 2.67. The maximum atomic E-state index is 12.2. The van der Waals surface area contributed by atoms with Gasteiger partial charge in [0.05, 0.1) is 16.1 Å². The van der Waals surface area contributed by atoms with E-state index in [1.54, 1.807) is 24.6 Å². The summed E-state index contributed by atoms with van der Waals surface area (Å²) >= 11 is 8.01. The molecule has 7 nitrogen and oxygen atoms in total. The molecule has 0 radical (unpaired) electrons. The molecule has 1 aliphatic heterocycles. The molecule has 1 aliphatic rings. The maximum Gasteiger partial charge on any atom is 0.251 e. The zero-order valence-electron chi connectivity index (χ0n) is 18.5. The summed E-state index contributed by atoms with van der Waals surface area (Å²) < 4.78 is 1.02. The number of fused-ring (bicyclic) bond motifs is 1. The smallest absolute Gasteiger partial charge is 0.251 e. The highest BCUT2D eigenvalue weighted by atomic mass is 35.5. The van der Waals surface area contributed by atoms with Crippen LogP contribution in [0, 0.1) is 0 Å². The van der Waals surface area contributed by atoms with Gasteiger partial charge in [0.15, 0.2) is 0 Å². The van der Waals surface area contributed by atoms with Gasteiger partial charge in [0.2, 0.25) is 5.95 Å². The Kier molecular flexibility index (Phi) is 7.57. The summed E-state index contributed by atoms with van der Waals surface area (Å²) in [5.74, 6) is 0.469. The zero-order chi connectivity index (χ0) is 22.5. The van der Waals surface area contributed by atoms with E-state index in [4.69, 9.17) is 11.6 Å². The van der Waals surface area contributed by atoms with Crippen LogP contribution in [0.1, 0.15) is 23.7 Å². The van der Waals surface area contributed by atoms with Crippen molar-refractivity contribution in [3.63, 3.8) is 0 Å². The van der Waals surface area contributed by atoms with Crippen molar-refractivity contribution in [2.24, 2.45) is 0 Å². The first-order valence-electron chi connectivity index (χ1n) is 11.0. The molecular formula is C23H29ClN6OS. The molecule has 1 saturated heterocycles. The molecule has 170 valence electrons. The van der Waals surface area contributed by atoms with E-state index < -0.39 is 0 Å². The fourth-order valence-corrected chi connectivity index (χ4v) is 5.31. The molecule has 0 atom stereocenters. The Bertz CT molecular complexity index is 1080. The Balaban J connectivity index is 1.41. The number of anilines is 1. The first kappa shape index (κ1) is 22.9. The number of nitrogens with zero attached hydrogens (tertiary/aromatic N) is 4. The Morgan fingerprint density at radius 1 is 1.22 bits per heavy atom. The lowest BCUT2D eigenvalue weighted by Gasteiger charge is -2.33. The quantitative estimate of drug-likeness (QED) is 0.486. The standard InChI is InChI=1S/C23H29ClN6OS/c1-3-29-10-12-30(13-11-29)9-5-8-26-23-27-15-18(24)21(28-23)20-14-17-16(22(31)25-2)6-4-7-19(17)32-20/h4,6-7,14-15H,3,5,8-13H2,1-2H3,(H,25,31)(H,26,27,28). The minimum atomic E-state index is -0.104. The Hall–Kier alpha value is -2.26. The van der Waals surface area contributed by atoms with Gasteiger partial charge in [-0.05, 0) is 37.7 Å². The van der Waals surface area contributed by atoms with E-state index in [2.05, 4.69) is 37.3 Å². The largest absolute Gasteiger partial charge is 0.355 e. The van der Waals surface area contributed by atoms with Crippen LogP contribution in [0.4, 0.5) is 5.95 Å². The Labute approximate surface area is 197 Å². The molecule has 3 heterocycles. The van der Waals surface area contributed by atoms with Crippen molar-refractivity contribution < 1.29 is 4.79 Å². The third kappa shape index (κ3) is 5.20. The van der Waals surface area contributed by atoms with Crippen LogP contribution in [-0.2, 0) is 0 Å². The number of hydrogen-bond acceptors (Lipinski definition) is 7. The van der Waals surface area contributed by atoms with Gasteiger partial charge in [-0.1, -0.05) is 24.6 Å². The summed E-state index contributed by atoms with van der Waals surface area (Å²) in [6, 6.07) is 7.71. The molecule has 2 aromatic heterocycles. The third-order valence-electron chi connectivity index (χ3n) is 5.86. The molecule has 3 aromatic rings. The van der Waals surface area contributed by atoms with E-state index in [0.717, 1.165) is 67.2 Å². The molecule has 0 aliphatic carbocycles. The maximum absolute atomic E-state index is 12.2. The lowest BCUT2D eigenvalue weighted by atomic mass is 10.1. The average molecular weight is 473 g/mol. The fraction of sp³-hybridized carbons (Fsp3) is 0.435. The van der Waals surface area contributed by atoms with Gasteiger partial charge in [0.1, 0.15) is 5.69 Å². The predicted molar refractivity (Wildman–Crippen MR) is 133 cm³/mol. The van der Waals surface area contributed by atoms with E-state index in [1.807, 2.05) is 24.3 Å². The zero-order valence-corrected chi connectivity index (χ0v) is 20.1. The van der Waals surface area contributed by atoms with Crippen LogP contribution in [0.15, 0.2) is 30.5 Å². The van der Waals surface area contributed by atoms with Gasteiger partial charge in [-0.3, -0.25) is 4.79 Å². The number of hydrogen-bond donors (Lipinski definition) is 2. The number of thiophene rings is 1. The molecule has 0 bridgehead atoms. The highest BCUT2D eigenvalue weighted by molar-refractivity contribution is 7.22. The van der Waals surface area contributed by atoms with Crippen LogP contribution in [0.25, 0.3) is 20.7 Å². The molecule has 2 N–H and O–H groups in total. The van der Waals surface area contributed by atoms with E-state index in [0.29, 0.717) is 22.2 Å². The molecule has 1 fully saturated rings. The van der Waals surface area contributed by atoms with Gasteiger partial charge < -0.3 is 20.4 Å². The number of carbonyl (C=O) groups is 1. The molecule has 0 unspecified atom stereocenters. The van der Waals surface area contributed by atoms with Crippen LogP contribution >= 0.6 is 22.9 Å². The fourth-order valence-electron chi connectivity index (χ4n) is 3.97. The monoisotopic (exact) mass is 472 g/mol. The normalized spacial score (nSPS) is 15.2. The summed E-state index contributed by atoms with van der Waals surface area (Å²) in [5, 5.41) is 7.43. The van der Waals surface area contributed by atoms with Gasteiger partial charge in [-0.2, -0.15) is 0 Å². The third-order valence-corrected chi connectivity index (χ3v) is 7.24. The number of likely N-dealkylation sites (N-methyl/N-ethyl adjacent to an activating group) is 1. The minimum Gasteiger partial charge on any atom is -0.355 e. The summed E-state index contributed by atoms with van der Waals surface area (Å²) in [7, 11) is 1.64. The molecular weight excluding hydrogens is 444 g/mol. The molecule has 32 heavy (non-hydrogen) atoms. The van der Waals surface area contributed by atoms with Crippen molar-refractivity contribution in [1.29, 1.82) is 0 Å². The number of piperazine rings is 1. The SMILES string of the molecule is CCN1CCN(CCCNc2ncc(Cl)c(-c3cc4c(C(=O)NC)cccc4s3)n2)CC1. The van der Waals surface area contributed by atoms with Crippen LogP contribution in [0.5, 0.6) is 0 Å². The number of carbonyl (C=O) groups excluding carboxylic acids is 1. The lowest BCUT2D eigenvalue weighted by Crippen LogP contribution is -2.46. The first-order valence-corrected chi connectivity index (χ1v) is 12.2. The van der Waals surface area contributed by atoms with Crippen molar-refractivity contribution >= 4 is 44.9 Å². The Morgan fingerprint density at radius 2 is 2.00 bits per heavy atom. The highest BCUT2D eigenvalue weighted by Gasteiger charge is 2.16. The number of rotatable bonds is 8. The van der Waals surface area contributed by atoms with E-state index in [9.17, 15) is 4.79 Å². The number of nitrogens with one attached hydrogen (secondary N) is 2. The van der Waals surface area contributed by atoms with Crippen LogP contribution in [0.2, 0.25) is 5.02 Å². The summed E-state index contributed by atoms with van der Waals surface area (Å²) in [4.78, 5) is 27.2. The van der Waals surface area contributed by atoms with Crippen LogP contribution in [-0.4, -0.2) is 78.5 Å². The predicted octanol–water partition coefficient (Wildman–Crippen LogP) is 3.81. The number of amides is 1. The van der Waals surface area contributed by atoms with Gasteiger partial charge in [0, 0.05) is 55.4 Å². The minimum absolute atomic E-state index is 0.104. The van der Waals surface area contributed by atoms with Crippen molar-refractivity contribution in [3.8, 4) is 10.6 Å². The lowest BCUT2D eigenvalue weighted by molar-refractivity contribution is 0.0965. The molecule has 0 saturated carbocycles. The summed E-state index contributed by atoms with van der Waals surface area (Å²) in [5.41, 5.74) is 1.33. The van der Waals surface area contributed by atoms with Crippen molar-refractivity contribution in [2.75, 3.05) is 58.2 Å². The van der Waals surface area contributed by atoms with Crippen molar-refractivity contribution in [3.05, 3.63) is 41.0 Å². The topological polar surface area (TPSA) is 73.4 Å². The molecule has 1 amide bonds. The second-order valence-corrected chi connectivity index (χ2v) is 9.34. The van der Waals surface area contributed by atoms with E-state index >= 15 is 0 Å². The van der Waals surface area contributed by atoms with Gasteiger partial charge in [0.25, 0.3) is 5.91 Å². The molecule has 1 aromatic carbocycles. The van der Waals surface area contributed by atoms with Gasteiger partial charge in [-0.15, -0.1) is 11.3 Å². The first-order chi connectivity index (χ1) is 15.6. The summed E-state index contributed by atoms with van der Waals surface area (Å²) in [6.45, 7) is 9.83. The number of benzene rings is 1. The van der Waals surface area contributed by atoms with Crippen molar-refractivity contribution in [2.45, 2.75) is 13.3 Å². The van der Waals surface area contributed by atoms with E-state index in [-0.39, 0.29) is 5.91 Å². The van der Waals surface area contributed by atoms with Crippen LogP contribution < -0.4 is 10.6 Å². The number of halogens is 1. The van der Waals surface area contributed by atoms with Gasteiger partial charge in [-0.25, -0.2) is 9.97 Å². The number of aromatic nitrogens is 2.